The number of hydrogen-bond donors (Lipinski definition) is 2. The number of hydrogen-bond acceptors (Lipinski definition) is 4. The molecule has 1 atom stereocenters. The van der Waals surface area contributed by atoms with Gasteiger partial charge in [-0.15, -0.1) is 11.3 Å². The standard InChI is InChI=1S/C16H14N4S/c1-10(16-19-12-6-2-3-8-14(12)21-16)18-13-7-4-5-11-9-17-20-15(11)13/h2-10,18H,1H3,(H,17,20). The van der Waals surface area contributed by atoms with E-state index in [2.05, 4.69) is 40.6 Å². The number of anilines is 1. The van der Waals surface area contributed by atoms with Crippen LogP contribution in [-0.4, -0.2) is 15.2 Å². The van der Waals surface area contributed by atoms with Gasteiger partial charge >= 0.3 is 0 Å². The van der Waals surface area contributed by atoms with Gasteiger partial charge in [-0.3, -0.25) is 5.10 Å². The van der Waals surface area contributed by atoms with E-state index in [0.717, 1.165) is 27.1 Å². The second-order valence-electron chi connectivity index (χ2n) is 5.03. The van der Waals surface area contributed by atoms with Crippen molar-refractivity contribution in [2.24, 2.45) is 0 Å². The Bertz CT molecular complexity index is 876. The molecule has 1 unspecified atom stereocenters. The topological polar surface area (TPSA) is 53.6 Å². The summed E-state index contributed by atoms with van der Waals surface area (Å²) in [6.45, 7) is 2.13. The summed E-state index contributed by atoms with van der Waals surface area (Å²) in [4.78, 5) is 4.71. The molecular weight excluding hydrogens is 280 g/mol. The van der Waals surface area contributed by atoms with E-state index in [4.69, 9.17) is 4.98 Å². The molecule has 2 aromatic heterocycles. The van der Waals surface area contributed by atoms with E-state index >= 15 is 0 Å². The molecule has 4 nitrogen and oxygen atoms in total. The first-order valence-corrected chi connectivity index (χ1v) is 7.67. The first-order chi connectivity index (χ1) is 10.3. The van der Waals surface area contributed by atoms with Crippen LogP contribution in [-0.2, 0) is 0 Å². The Morgan fingerprint density at radius 3 is 2.95 bits per heavy atom. The van der Waals surface area contributed by atoms with Gasteiger partial charge < -0.3 is 5.32 Å². The van der Waals surface area contributed by atoms with Crippen LogP contribution in [0.2, 0.25) is 0 Å². The first-order valence-electron chi connectivity index (χ1n) is 6.85. The monoisotopic (exact) mass is 294 g/mol. The molecule has 0 aliphatic rings. The van der Waals surface area contributed by atoms with Gasteiger partial charge in [0.25, 0.3) is 0 Å². The fourth-order valence-electron chi connectivity index (χ4n) is 2.46. The van der Waals surface area contributed by atoms with Crippen LogP contribution in [0.15, 0.2) is 48.7 Å². The molecule has 0 saturated heterocycles. The number of aromatic nitrogens is 3. The second-order valence-corrected chi connectivity index (χ2v) is 6.09. The minimum absolute atomic E-state index is 0.149. The van der Waals surface area contributed by atoms with Crippen molar-refractivity contribution < 1.29 is 0 Å². The number of thiazole rings is 1. The molecule has 2 aromatic carbocycles. The van der Waals surface area contributed by atoms with E-state index in [1.54, 1.807) is 11.3 Å². The van der Waals surface area contributed by atoms with Gasteiger partial charge in [-0.1, -0.05) is 24.3 Å². The van der Waals surface area contributed by atoms with E-state index in [9.17, 15) is 0 Å². The number of para-hydroxylation sites is 2. The molecule has 0 aliphatic heterocycles. The van der Waals surface area contributed by atoms with Crippen LogP contribution in [0, 0.1) is 0 Å². The average molecular weight is 294 g/mol. The SMILES string of the molecule is CC(Nc1cccc2cn[nH]c12)c1nc2ccccc2s1. The molecular formula is C16H14N4S. The Balaban J connectivity index is 1.68. The predicted molar refractivity (Wildman–Crippen MR) is 87.8 cm³/mol. The zero-order valence-corrected chi connectivity index (χ0v) is 12.3. The predicted octanol–water partition coefficient (Wildman–Crippen LogP) is 4.35. The van der Waals surface area contributed by atoms with Crippen molar-refractivity contribution in [1.82, 2.24) is 15.2 Å². The van der Waals surface area contributed by atoms with Crippen LogP contribution >= 0.6 is 11.3 Å². The lowest BCUT2D eigenvalue weighted by Crippen LogP contribution is -2.06. The third kappa shape index (κ3) is 2.15. The van der Waals surface area contributed by atoms with Crippen molar-refractivity contribution in [1.29, 1.82) is 0 Å². The Morgan fingerprint density at radius 2 is 2.05 bits per heavy atom. The van der Waals surface area contributed by atoms with Crippen molar-refractivity contribution in [3.05, 3.63) is 53.7 Å². The van der Waals surface area contributed by atoms with E-state index in [1.165, 1.54) is 4.70 Å². The highest BCUT2D eigenvalue weighted by Crippen LogP contribution is 2.30. The molecule has 4 rings (SSSR count). The van der Waals surface area contributed by atoms with E-state index in [1.807, 2.05) is 30.5 Å². The maximum atomic E-state index is 4.71. The summed E-state index contributed by atoms with van der Waals surface area (Å²) in [7, 11) is 0. The Labute approximate surface area is 125 Å². The second kappa shape index (κ2) is 4.86. The third-order valence-electron chi connectivity index (χ3n) is 3.53. The lowest BCUT2D eigenvalue weighted by molar-refractivity contribution is 0.875. The zero-order chi connectivity index (χ0) is 14.2. The number of rotatable bonds is 3. The van der Waals surface area contributed by atoms with Crippen LogP contribution in [0.4, 0.5) is 5.69 Å². The van der Waals surface area contributed by atoms with Crippen molar-refractivity contribution >= 4 is 38.1 Å². The van der Waals surface area contributed by atoms with Crippen molar-refractivity contribution in [2.75, 3.05) is 5.32 Å². The van der Waals surface area contributed by atoms with Crippen LogP contribution in [0.5, 0.6) is 0 Å². The molecule has 0 amide bonds. The minimum atomic E-state index is 0.149. The number of aromatic amines is 1. The third-order valence-corrected chi connectivity index (χ3v) is 4.75. The summed E-state index contributed by atoms with van der Waals surface area (Å²) < 4.78 is 1.22. The summed E-state index contributed by atoms with van der Waals surface area (Å²) in [6, 6.07) is 14.5. The number of fused-ring (bicyclic) bond motifs is 2. The summed E-state index contributed by atoms with van der Waals surface area (Å²) in [5, 5.41) is 12.9. The van der Waals surface area contributed by atoms with Crippen molar-refractivity contribution in [3.8, 4) is 0 Å². The van der Waals surface area contributed by atoms with Crippen LogP contribution in [0.3, 0.4) is 0 Å². The molecule has 5 heteroatoms. The quantitative estimate of drug-likeness (QED) is 0.591. The highest BCUT2D eigenvalue weighted by atomic mass is 32.1. The van der Waals surface area contributed by atoms with Gasteiger partial charge in [-0.05, 0) is 25.1 Å². The minimum Gasteiger partial charge on any atom is -0.374 e. The molecule has 2 N–H and O–H groups in total. The molecule has 0 saturated carbocycles. The van der Waals surface area contributed by atoms with Gasteiger partial charge in [-0.25, -0.2) is 4.98 Å². The molecule has 0 aliphatic carbocycles. The Hall–Kier alpha value is -2.40. The molecule has 0 bridgehead atoms. The summed E-state index contributed by atoms with van der Waals surface area (Å²) in [5.74, 6) is 0. The first kappa shape index (κ1) is 12.3. The molecule has 0 fully saturated rings. The van der Waals surface area contributed by atoms with Gasteiger partial charge in [0.1, 0.15) is 5.01 Å². The fraction of sp³-hybridized carbons (Fsp3) is 0.125. The Kier molecular flexibility index (Phi) is 2.86. The lowest BCUT2D eigenvalue weighted by atomic mass is 10.2. The maximum Gasteiger partial charge on any atom is 0.116 e. The molecule has 0 radical (unpaired) electrons. The van der Waals surface area contributed by atoms with Crippen molar-refractivity contribution in [2.45, 2.75) is 13.0 Å². The smallest absolute Gasteiger partial charge is 0.116 e. The molecule has 2 heterocycles. The highest BCUT2D eigenvalue weighted by molar-refractivity contribution is 7.18. The number of nitrogens with zero attached hydrogens (tertiary/aromatic N) is 2. The summed E-state index contributed by atoms with van der Waals surface area (Å²) in [5.41, 5.74) is 3.15. The Morgan fingerprint density at radius 1 is 1.14 bits per heavy atom. The molecule has 21 heavy (non-hydrogen) atoms. The largest absolute Gasteiger partial charge is 0.374 e. The molecule has 4 aromatic rings. The number of H-pyrrole nitrogens is 1. The number of nitrogens with one attached hydrogen (secondary N) is 2. The van der Waals surface area contributed by atoms with Crippen molar-refractivity contribution in [3.63, 3.8) is 0 Å². The van der Waals surface area contributed by atoms with E-state index in [0.29, 0.717) is 0 Å². The van der Waals surface area contributed by atoms with Gasteiger partial charge in [0.2, 0.25) is 0 Å². The van der Waals surface area contributed by atoms with Crippen LogP contribution < -0.4 is 5.32 Å². The van der Waals surface area contributed by atoms with Gasteiger partial charge in [0.05, 0.1) is 33.7 Å². The average Bonchev–Trinajstić information content (AvgIpc) is 3.14. The van der Waals surface area contributed by atoms with E-state index < -0.39 is 0 Å². The highest BCUT2D eigenvalue weighted by Gasteiger charge is 2.12. The lowest BCUT2D eigenvalue weighted by Gasteiger charge is -2.13. The van der Waals surface area contributed by atoms with Gasteiger partial charge in [0.15, 0.2) is 0 Å². The number of benzene rings is 2. The van der Waals surface area contributed by atoms with E-state index in [-0.39, 0.29) is 6.04 Å². The van der Waals surface area contributed by atoms with Gasteiger partial charge in [-0.2, -0.15) is 5.10 Å². The van der Waals surface area contributed by atoms with Crippen LogP contribution in [0.25, 0.3) is 21.1 Å². The zero-order valence-electron chi connectivity index (χ0n) is 11.5. The van der Waals surface area contributed by atoms with Crippen LogP contribution in [0.1, 0.15) is 18.0 Å². The molecule has 0 spiro atoms. The summed E-state index contributed by atoms with van der Waals surface area (Å²) in [6.07, 6.45) is 1.84. The normalized spacial score (nSPS) is 12.8. The fourth-order valence-corrected chi connectivity index (χ4v) is 3.43. The molecule has 104 valence electrons. The maximum absolute atomic E-state index is 4.71. The van der Waals surface area contributed by atoms with Gasteiger partial charge in [0, 0.05) is 5.39 Å². The summed E-state index contributed by atoms with van der Waals surface area (Å²) >= 11 is 1.73.